The lowest BCUT2D eigenvalue weighted by molar-refractivity contribution is -0.151. The predicted octanol–water partition coefficient (Wildman–Crippen LogP) is 0.601. The molecule has 0 fully saturated rings. The van der Waals surface area contributed by atoms with Crippen molar-refractivity contribution in [2.75, 3.05) is 13.7 Å². The molecule has 1 amide bonds. The summed E-state index contributed by atoms with van der Waals surface area (Å²) in [6, 6.07) is 5.48. The van der Waals surface area contributed by atoms with Crippen LogP contribution in [0.5, 0.6) is 0 Å². The van der Waals surface area contributed by atoms with E-state index in [9.17, 15) is 22.8 Å². The molecule has 1 aromatic carbocycles. The molecule has 0 saturated carbocycles. The van der Waals surface area contributed by atoms with Gasteiger partial charge in [0.25, 0.3) is 5.91 Å². The van der Waals surface area contributed by atoms with Gasteiger partial charge < -0.3 is 14.8 Å². The van der Waals surface area contributed by atoms with Crippen molar-refractivity contribution < 1.29 is 32.3 Å². The Morgan fingerprint density at radius 2 is 1.64 bits per heavy atom. The van der Waals surface area contributed by atoms with E-state index in [0.717, 1.165) is 0 Å². The van der Waals surface area contributed by atoms with Crippen LogP contribution in [0.1, 0.15) is 27.2 Å². The Morgan fingerprint density at radius 3 is 2.18 bits per heavy atom. The number of ether oxygens (including phenoxy) is 2. The molecule has 9 nitrogen and oxygen atoms in total. The highest BCUT2D eigenvalue weighted by Crippen LogP contribution is 2.09. The zero-order chi connectivity index (χ0) is 21.3. The van der Waals surface area contributed by atoms with Gasteiger partial charge in [0.05, 0.1) is 12.0 Å². The number of amides is 1. The number of hydrogen-bond acceptors (Lipinski definition) is 7. The van der Waals surface area contributed by atoms with Crippen LogP contribution in [0.15, 0.2) is 35.2 Å². The summed E-state index contributed by atoms with van der Waals surface area (Å²) < 4.78 is 36.0. The largest absolute Gasteiger partial charge is 0.467 e. The Kier molecular flexibility index (Phi) is 9.07. The van der Waals surface area contributed by atoms with E-state index >= 15 is 0 Å². The summed E-state index contributed by atoms with van der Waals surface area (Å²) in [5.41, 5.74) is 0. The smallest absolute Gasteiger partial charge is 0.328 e. The molecule has 1 aromatic rings. The van der Waals surface area contributed by atoms with Crippen molar-refractivity contribution in [2.24, 2.45) is 5.92 Å². The molecule has 0 aliphatic heterocycles. The quantitative estimate of drug-likeness (QED) is 0.537. The van der Waals surface area contributed by atoms with E-state index in [2.05, 4.69) is 14.8 Å². The second-order valence-corrected chi connectivity index (χ2v) is 8.25. The number of carbonyl (C=O) groups is 3. The third-order valence-electron chi connectivity index (χ3n) is 3.61. The van der Waals surface area contributed by atoms with Crippen LogP contribution in [-0.4, -0.2) is 52.1 Å². The average molecular weight is 414 g/mol. The minimum Gasteiger partial charge on any atom is -0.467 e. The molecule has 1 unspecified atom stereocenters. The molecule has 2 N–H and O–H groups in total. The number of esters is 2. The SMILES string of the molecule is COC(=O)C(CC(C)C)NC(=O)COC(=O)[C@H](C)NS(=O)(=O)c1ccccc1. The van der Waals surface area contributed by atoms with Crippen molar-refractivity contribution >= 4 is 27.9 Å². The lowest BCUT2D eigenvalue weighted by atomic mass is 10.0. The first-order valence-corrected chi connectivity index (χ1v) is 10.2. The molecule has 156 valence electrons. The van der Waals surface area contributed by atoms with Crippen molar-refractivity contribution in [1.82, 2.24) is 10.0 Å². The maximum atomic E-state index is 12.2. The number of hydrogen-bond donors (Lipinski definition) is 2. The van der Waals surface area contributed by atoms with Crippen LogP contribution >= 0.6 is 0 Å². The van der Waals surface area contributed by atoms with Gasteiger partial charge >= 0.3 is 11.9 Å². The van der Waals surface area contributed by atoms with Gasteiger partial charge in [-0.1, -0.05) is 32.0 Å². The summed E-state index contributed by atoms with van der Waals surface area (Å²) in [6.45, 7) is 4.41. The Hall–Kier alpha value is -2.46. The summed E-state index contributed by atoms with van der Waals surface area (Å²) in [6.07, 6.45) is 0.361. The van der Waals surface area contributed by atoms with Gasteiger partial charge in [0.15, 0.2) is 6.61 Å². The molecule has 0 heterocycles. The Balaban J connectivity index is 2.58. The van der Waals surface area contributed by atoms with Crippen molar-refractivity contribution in [3.63, 3.8) is 0 Å². The Bertz CT molecular complexity index is 778. The van der Waals surface area contributed by atoms with E-state index in [1.807, 2.05) is 13.8 Å². The summed E-state index contributed by atoms with van der Waals surface area (Å²) in [5.74, 6) is -2.09. The van der Waals surface area contributed by atoms with E-state index < -0.39 is 46.6 Å². The third-order valence-corrected chi connectivity index (χ3v) is 5.17. The van der Waals surface area contributed by atoms with Crippen molar-refractivity contribution in [1.29, 1.82) is 0 Å². The molecule has 0 aliphatic rings. The first-order valence-electron chi connectivity index (χ1n) is 8.68. The molecule has 28 heavy (non-hydrogen) atoms. The maximum Gasteiger partial charge on any atom is 0.328 e. The molecule has 0 aliphatic carbocycles. The monoisotopic (exact) mass is 414 g/mol. The van der Waals surface area contributed by atoms with E-state index in [1.54, 1.807) is 18.2 Å². The van der Waals surface area contributed by atoms with Gasteiger partial charge in [-0.25, -0.2) is 13.2 Å². The first kappa shape index (κ1) is 23.6. The topological polar surface area (TPSA) is 128 Å². The Labute approximate surface area is 164 Å². The van der Waals surface area contributed by atoms with Gasteiger partial charge in [0.2, 0.25) is 10.0 Å². The van der Waals surface area contributed by atoms with Gasteiger partial charge in [0.1, 0.15) is 12.1 Å². The fourth-order valence-electron chi connectivity index (χ4n) is 2.27. The molecule has 2 atom stereocenters. The third kappa shape index (κ3) is 7.65. The number of carbonyl (C=O) groups excluding carboxylic acids is 3. The lowest BCUT2D eigenvalue weighted by Gasteiger charge is -2.18. The maximum absolute atomic E-state index is 12.2. The van der Waals surface area contributed by atoms with Crippen LogP contribution in [0.3, 0.4) is 0 Å². The standard InChI is InChI=1S/C18H26N2O7S/c1-12(2)10-15(18(23)26-4)19-16(21)11-27-17(22)13(3)20-28(24,25)14-8-6-5-7-9-14/h5-9,12-13,15,20H,10-11H2,1-4H3,(H,19,21)/t13-,15?/m0/s1. The van der Waals surface area contributed by atoms with Crippen LogP contribution in [0, 0.1) is 5.92 Å². The Morgan fingerprint density at radius 1 is 1.04 bits per heavy atom. The van der Waals surface area contributed by atoms with Crippen molar-refractivity contribution in [2.45, 2.75) is 44.2 Å². The van der Waals surface area contributed by atoms with Gasteiger partial charge in [-0.05, 0) is 31.4 Å². The fraction of sp³-hybridized carbons (Fsp3) is 0.500. The normalized spacial score (nSPS) is 13.5. The molecular formula is C18H26N2O7S. The van der Waals surface area contributed by atoms with Crippen molar-refractivity contribution in [3.8, 4) is 0 Å². The zero-order valence-electron chi connectivity index (χ0n) is 16.3. The highest BCUT2D eigenvalue weighted by molar-refractivity contribution is 7.89. The number of sulfonamides is 1. The van der Waals surface area contributed by atoms with E-state index in [1.165, 1.54) is 26.2 Å². The van der Waals surface area contributed by atoms with Gasteiger partial charge in [-0.3, -0.25) is 9.59 Å². The second kappa shape index (κ2) is 10.8. The summed E-state index contributed by atoms with van der Waals surface area (Å²) >= 11 is 0. The number of rotatable bonds is 10. The van der Waals surface area contributed by atoms with Crippen LogP contribution < -0.4 is 10.0 Å². The summed E-state index contributed by atoms with van der Waals surface area (Å²) in [5, 5.41) is 2.44. The molecule has 0 spiro atoms. The number of methoxy groups -OCH3 is 1. The van der Waals surface area contributed by atoms with E-state index in [4.69, 9.17) is 4.74 Å². The minimum atomic E-state index is -3.90. The van der Waals surface area contributed by atoms with Gasteiger partial charge in [0, 0.05) is 0 Å². The average Bonchev–Trinajstić information content (AvgIpc) is 2.64. The molecule has 0 radical (unpaired) electrons. The molecule has 1 rings (SSSR count). The molecule has 10 heteroatoms. The number of nitrogens with one attached hydrogen (secondary N) is 2. The molecule has 0 saturated heterocycles. The van der Waals surface area contributed by atoms with E-state index in [-0.39, 0.29) is 10.8 Å². The second-order valence-electron chi connectivity index (χ2n) is 6.54. The van der Waals surface area contributed by atoms with Crippen LogP contribution in [0.4, 0.5) is 0 Å². The molecular weight excluding hydrogens is 388 g/mol. The first-order chi connectivity index (χ1) is 13.1. The van der Waals surface area contributed by atoms with E-state index in [0.29, 0.717) is 6.42 Å². The summed E-state index contributed by atoms with van der Waals surface area (Å²) in [4.78, 5) is 35.6. The summed E-state index contributed by atoms with van der Waals surface area (Å²) in [7, 11) is -2.69. The van der Waals surface area contributed by atoms with Gasteiger partial charge in [-0.15, -0.1) is 0 Å². The fourth-order valence-corrected chi connectivity index (χ4v) is 3.49. The highest BCUT2D eigenvalue weighted by atomic mass is 32.2. The zero-order valence-corrected chi connectivity index (χ0v) is 17.1. The highest BCUT2D eigenvalue weighted by Gasteiger charge is 2.25. The lowest BCUT2D eigenvalue weighted by Crippen LogP contribution is -2.45. The number of benzene rings is 1. The minimum absolute atomic E-state index is 0.00185. The molecule has 0 bridgehead atoms. The van der Waals surface area contributed by atoms with Crippen LogP contribution in [0.2, 0.25) is 0 Å². The van der Waals surface area contributed by atoms with Crippen molar-refractivity contribution in [3.05, 3.63) is 30.3 Å². The van der Waals surface area contributed by atoms with Crippen LogP contribution in [0.25, 0.3) is 0 Å². The predicted molar refractivity (Wildman–Crippen MR) is 101 cm³/mol. The molecule has 0 aromatic heterocycles. The van der Waals surface area contributed by atoms with Gasteiger partial charge in [-0.2, -0.15) is 4.72 Å². The van der Waals surface area contributed by atoms with Crippen LogP contribution in [-0.2, 0) is 33.9 Å².